The lowest BCUT2D eigenvalue weighted by Crippen LogP contribution is -2.31. The van der Waals surface area contributed by atoms with Crippen LogP contribution in [0, 0.1) is 11.7 Å². The Balaban J connectivity index is 2.47. The third-order valence-electron chi connectivity index (χ3n) is 4.34. The fraction of sp³-hybridized carbons (Fsp3) is 0.250. The Labute approximate surface area is 160 Å². The molecule has 0 amide bonds. The summed E-state index contributed by atoms with van der Waals surface area (Å²) in [5.74, 6) is -6.56. The van der Waals surface area contributed by atoms with E-state index in [9.17, 15) is 29.0 Å². The monoisotopic (exact) mass is 390 g/mol. The summed E-state index contributed by atoms with van der Waals surface area (Å²) in [5.41, 5.74) is 0.448. The molecular formula is C20H19FO7. The van der Waals surface area contributed by atoms with Gasteiger partial charge in [0, 0.05) is 17.9 Å². The van der Waals surface area contributed by atoms with Gasteiger partial charge in [0.2, 0.25) is 0 Å². The number of hydrogen-bond acceptors (Lipinski definition) is 5. The summed E-state index contributed by atoms with van der Waals surface area (Å²) in [4.78, 5) is 35.8. The molecule has 28 heavy (non-hydrogen) atoms. The topological polar surface area (TPSA) is 110 Å². The summed E-state index contributed by atoms with van der Waals surface area (Å²) >= 11 is 0. The Bertz CT molecular complexity index is 863. The fourth-order valence-electron chi connectivity index (χ4n) is 2.91. The van der Waals surface area contributed by atoms with Crippen LogP contribution in [0.15, 0.2) is 42.5 Å². The molecule has 0 aliphatic rings. The lowest BCUT2D eigenvalue weighted by atomic mass is 9.81. The minimum atomic E-state index is -1.86. The molecule has 8 heteroatoms. The molecule has 0 radical (unpaired) electrons. The molecule has 7 nitrogen and oxygen atoms in total. The molecule has 148 valence electrons. The van der Waals surface area contributed by atoms with E-state index in [0.717, 1.165) is 12.1 Å². The Morgan fingerprint density at radius 3 is 2.00 bits per heavy atom. The molecule has 1 atom stereocenters. The zero-order chi connectivity index (χ0) is 20.8. The van der Waals surface area contributed by atoms with Crippen molar-refractivity contribution in [1.82, 2.24) is 0 Å². The highest BCUT2D eigenvalue weighted by atomic mass is 19.1. The minimum absolute atomic E-state index is 0.154. The van der Waals surface area contributed by atoms with Crippen molar-refractivity contribution in [2.24, 2.45) is 5.92 Å². The largest absolute Gasteiger partial charge is 0.493 e. The number of halogens is 1. The van der Waals surface area contributed by atoms with Crippen molar-refractivity contribution in [3.05, 3.63) is 59.4 Å². The van der Waals surface area contributed by atoms with E-state index in [0.29, 0.717) is 11.3 Å². The highest BCUT2D eigenvalue weighted by Gasteiger charge is 2.37. The van der Waals surface area contributed by atoms with Crippen molar-refractivity contribution in [3.8, 4) is 11.5 Å². The van der Waals surface area contributed by atoms with Crippen LogP contribution < -0.4 is 9.47 Å². The van der Waals surface area contributed by atoms with E-state index in [1.54, 1.807) is 0 Å². The number of methoxy groups -OCH3 is 2. The average Bonchev–Trinajstić information content (AvgIpc) is 2.66. The van der Waals surface area contributed by atoms with Gasteiger partial charge in [0.25, 0.3) is 0 Å². The van der Waals surface area contributed by atoms with E-state index in [1.807, 2.05) is 0 Å². The van der Waals surface area contributed by atoms with Crippen molar-refractivity contribution in [3.63, 3.8) is 0 Å². The molecule has 1 unspecified atom stereocenters. The number of ketones is 1. The smallest absolute Gasteiger partial charge is 0.318 e. The lowest BCUT2D eigenvalue weighted by Gasteiger charge is -2.22. The third kappa shape index (κ3) is 4.64. The van der Waals surface area contributed by atoms with Crippen molar-refractivity contribution in [1.29, 1.82) is 0 Å². The molecule has 0 spiro atoms. The molecule has 0 aromatic heterocycles. The minimum Gasteiger partial charge on any atom is -0.493 e. The molecule has 2 rings (SSSR count). The maximum absolute atomic E-state index is 13.1. The van der Waals surface area contributed by atoms with E-state index in [-0.39, 0.29) is 11.3 Å². The summed E-state index contributed by atoms with van der Waals surface area (Å²) in [6, 6.07) is 9.17. The maximum atomic E-state index is 13.1. The number of carboxylic acids is 2. The van der Waals surface area contributed by atoms with E-state index in [4.69, 9.17) is 9.47 Å². The van der Waals surface area contributed by atoms with E-state index in [2.05, 4.69) is 0 Å². The number of hydrogen-bond donors (Lipinski definition) is 2. The average molecular weight is 390 g/mol. The van der Waals surface area contributed by atoms with E-state index >= 15 is 0 Å². The highest BCUT2D eigenvalue weighted by Crippen LogP contribution is 2.36. The molecule has 0 fully saturated rings. The third-order valence-corrected chi connectivity index (χ3v) is 4.34. The molecule has 0 aliphatic heterocycles. The second-order valence-corrected chi connectivity index (χ2v) is 6.01. The second-order valence-electron chi connectivity index (χ2n) is 6.01. The molecule has 2 aromatic rings. The molecule has 0 saturated carbocycles. The molecule has 2 aromatic carbocycles. The van der Waals surface area contributed by atoms with Crippen molar-refractivity contribution >= 4 is 17.7 Å². The van der Waals surface area contributed by atoms with Gasteiger partial charge in [-0.3, -0.25) is 14.4 Å². The first-order chi connectivity index (χ1) is 13.3. The summed E-state index contributed by atoms with van der Waals surface area (Å²) < 4.78 is 23.4. The number of benzene rings is 2. The zero-order valence-corrected chi connectivity index (χ0v) is 15.2. The van der Waals surface area contributed by atoms with Gasteiger partial charge in [0.15, 0.2) is 23.2 Å². The summed E-state index contributed by atoms with van der Waals surface area (Å²) in [6.07, 6.45) is -0.398. The number of aliphatic carboxylic acids is 2. The molecule has 0 heterocycles. The van der Waals surface area contributed by atoms with Crippen LogP contribution in [0.1, 0.15) is 28.3 Å². The number of carbonyl (C=O) groups excluding carboxylic acids is 1. The Morgan fingerprint density at radius 2 is 1.50 bits per heavy atom. The van der Waals surface area contributed by atoms with Crippen LogP contribution in [-0.2, 0) is 9.59 Å². The van der Waals surface area contributed by atoms with Crippen LogP contribution in [0.25, 0.3) is 0 Å². The molecular weight excluding hydrogens is 371 g/mol. The van der Waals surface area contributed by atoms with E-state index in [1.165, 1.54) is 44.6 Å². The standard InChI is InChI=1S/C20H19FO7/c1-27-16-8-5-12(9-17(16)28-2)14(18(19(23)24)20(25)26)10-15(22)11-3-6-13(21)7-4-11/h3-9,14,18H,10H2,1-2H3,(H,23,24)(H,25,26). The highest BCUT2D eigenvalue weighted by molar-refractivity contribution is 5.99. The fourth-order valence-corrected chi connectivity index (χ4v) is 2.91. The quantitative estimate of drug-likeness (QED) is 0.500. The molecule has 0 aliphatic carbocycles. The van der Waals surface area contributed by atoms with Crippen molar-refractivity contribution in [2.45, 2.75) is 12.3 Å². The Morgan fingerprint density at radius 1 is 0.929 bits per heavy atom. The van der Waals surface area contributed by atoms with Crippen molar-refractivity contribution < 1.29 is 38.5 Å². The second kappa shape index (κ2) is 8.98. The van der Waals surface area contributed by atoms with Gasteiger partial charge in [-0.2, -0.15) is 0 Å². The SMILES string of the molecule is COc1ccc(C(CC(=O)c2ccc(F)cc2)C(C(=O)O)C(=O)O)cc1OC. The van der Waals surface area contributed by atoms with Gasteiger partial charge >= 0.3 is 11.9 Å². The summed E-state index contributed by atoms with van der Waals surface area (Å²) in [5, 5.41) is 18.8. The summed E-state index contributed by atoms with van der Waals surface area (Å²) in [6.45, 7) is 0. The number of rotatable bonds is 9. The van der Waals surface area contributed by atoms with Gasteiger partial charge in [-0.25, -0.2) is 4.39 Å². The Hall–Kier alpha value is -3.42. The first kappa shape index (κ1) is 20.9. The number of carboxylic acid groups (broad SMARTS) is 2. The van der Waals surface area contributed by atoms with Gasteiger partial charge in [0.1, 0.15) is 5.82 Å². The molecule has 0 bridgehead atoms. The normalized spacial score (nSPS) is 11.7. The lowest BCUT2D eigenvalue weighted by molar-refractivity contribution is -0.155. The van der Waals surface area contributed by atoms with Gasteiger partial charge in [-0.1, -0.05) is 6.07 Å². The van der Waals surface area contributed by atoms with Crippen LogP contribution in [0.2, 0.25) is 0 Å². The first-order valence-electron chi connectivity index (χ1n) is 8.24. The maximum Gasteiger partial charge on any atom is 0.318 e. The predicted octanol–water partition coefficient (Wildman–Crippen LogP) is 2.98. The zero-order valence-electron chi connectivity index (χ0n) is 15.2. The number of carbonyl (C=O) groups is 3. The number of ether oxygens (including phenoxy) is 2. The predicted molar refractivity (Wildman–Crippen MR) is 96.4 cm³/mol. The van der Waals surface area contributed by atoms with Crippen molar-refractivity contribution in [2.75, 3.05) is 14.2 Å². The summed E-state index contributed by atoms with van der Waals surface area (Å²) in [7, 11) is 2.80. The Kier molecular flexibility index (Phi) is 6.70. The molecule has 0 saturated heterocycles. The van der Waals surface area contributed by atoms with Gasteiger partial charge in [-0.15, -0.1) is 0 Å². The van der Waals surface area contributed by atoms with Crippen LogP contribution in [0.3, 0.4) is 0 Å². The van der Waals surface area contributed by atoms with Crippen LogP contribution in [-0.4, -0.2) is 42.2 Å². The first-order valence-corrected chi connectivity index (χ1v) is 8.24. The molecule has 2 N–H and O–H groups in total. The van der Waals surface area contributed by atoms with Crippen LogP contribution in [0.4, 0.5) is 4.39 Å². The van der Waals surface area contributed by atoms with Crippen LogP contribution in [0.5, 0.6) is 11.5 Å². The van der Waals surface area contributed by atoms with Gasteiger partial charge in [0.05, 0.1) is 14.2 Å². The van der Waals surface area contributed by atoms with E-state index < -0.39 is 41.8 Å². The van der Waals surface area contributed by atoms with Crippen LogP contribution >= 0.6 is 0 Å². The van der Waals surface area contributed by atoms with Gasteiger partial charge < -0.3 is 19.7 Å². The number of Topliss-reactive ketones (excluding diaryl/α,β-unsaturated/α-hetero) is 1. The van der Waals surface area contributed by atoms with Gasteiger partial charge in [-0.05, 0) is 42.0 Å².